The van der Waals surface area contributed by atoms with Gasteiger partial charge in [-0.15, -0.1) is 12.4 Å². The lowest BCUT2D eigenvalue weighted by Gasteiger charge is -2.07. The van der Waals surface area contributed by atoms with Crippen LogP contribution in [0.15, 0.2) is 47.6 Å². The summed E-state index contributed by atoms with van der Waals surface area (Å²) in [6, 6.07) is 12.3. The number of halogens is 2. The predicted octanol–water partition coefficient (Wildman–Crippen LogP) is 4.31. The zero-order valence-corrected chi connectivity index (χ0v) is 13.2. The Labute approximate surface area is 134 Å². The Morgan fingerprint density at radius 3 is 2.43 bits per heavy atom. The zero-order valence-electron chi connectivity index (χ0n) is 11.6. The minimum absolute atomic E-state index is 0. The van der Waals surface area contributed by atoms with Gasteiger partial charge in [0.05, 0.1) is 18.5 Å². The third kappa shape index (κ3) is 4.55. The highest BCUT2D eigenvalue weighted by Gasteiger charge is 2.06. The summed E-state index contributed by atoms with van der Waals surface area (Å²) in [6.45, 7) is 1.81. The lowest BCUT2D eigenvalue weighted by molar-refractivity contribution is 0.407. The van der Waals surface area contributed by atoms with Crippen LogP contribution in [0.1, 0.15) is 12.5 Å². The number of nitrogens with one attached hydrogen (secondary N) is 1. The molecule has 0 unspecified atom stereocenters. The first kappa shape index (κ1) is 17.1. The van der Waals surface area contributed by atoms with Gasteiger partial charge in [-0.25, -0.2) is 0 Å². The molecule has 2 N–H and O–H groups in total. The van der Waals surface area contributed by atoms with Gasteiger partial charge in [-0.3, -0.25) is 5.43 Å². The number of rotatable bonds is 4. The Kier molecular flexibility index (Phi) is 6.34. The van der Waals surface area contributed by atoms with Crippen LogP contribution in [0.5, 0.6) is 11.5 Å². The minimum atomic E-state index is 0. The van der Waals surface area contributed by atoms with Crippen LogP contribution in [-0.2, 0) is 0 Å². The molecule has 0 radical (unpaired) electrons. The molecule has 4 nitrogen and oxygen atoms in total. The van der Waals surface area contributed by atoms with E-state index in [2.05, 4.69) is 10.5 Å². The molecule has 0 amide bonds. The fraction of sp³-hybridized carbons (Fsp3) is 0.133. The number of ether oxygens (including phenoxy) is 1. The fourth-order valence-electron chi connectivity index (χ4n) is 1.68. The Bertz CT molecular complexity index is 628. The first-order valence-corrected chi connectivity index (χ1v) is 6.41. The fourth-order valence-corrected chi connectivity index (χ4v) is 1.80. The van der Waals surface area contributed by atoms with E-state index in [1.54, 1.807) is 37.4 Å². The molecule has 0 aliphatic heterocycles. The number of nitrogens with zero attached hydrogens (tertiary/aromatic N) is 1. The Morgan fingerprint density at radius 1 is 1.19 bits per heavy atom. The third-order valence-electron chi connectivity index (χ3n) is 2.79. The molecule has 21 heavy (non-hydrogen) atoms. The van der Waals surface area contributed by atoms with E-state index in [1.807, 2.05) is 19.1 Å². The molecule has 0 aliphatic rings. The van der Waals surface area contributed by atoms with Gasteiger partial charge in [-0.05, 0) is 43.3 Å². The van der Waals surface area contributed by atoms with Crippen molar-refractivity contribution in [1.82, 2.24) is 0 Å². The standard InChI is InChI=1S/C15H15ClN2O2.ClH/c1-10(14-8-7-13(20-2)9-15(14)19)17-18-12-5-3-11(16)4-6-12;/h3-9,18-19H,1-2H3;1H. The van der Waals surface area contributed by atoms with Crippen LogP contribution >= 0.6 is 24.0 Å². The van der Waals surface area contributed by atoms with Crippen LogP contribution in [0, 0.1) is 0 Å². The van der Waals surface area contributed by atoms with Crippen LogP contribution in [0.4, 0.5) is 5.69 Å². The molecule has 2 aromatic rings. The number of aromatic hydroxyl groups is 1. The van der Waals surface area contributed by atoms with Crippen LogP contribution in [0.25, 0.3) is 0 Å². The molecule has 112 valence electrons. The van der Waals surface area contributed by atoms with Crippen LogP contribution in [-0.4, -0.2) is 17.9 Å². The molecule has 2 rings (SSSR count). The smallest absolute Gasteiger partial charge is 0.128 e. The summed E-state index contributed by atoms with van der Waals surface area (Å²) in [5, 5.41) is 14.8. The lowest BCUT2D eigenvalue weighted by atomic mass is 10.1. The Balaban J connectivity index is 0.00000220. The van der Waals surface area contributed by atoms with E-state index in [1.165, 1.54) is 0 Å². The summed E-state index contributed by atoms with van der Waals surface area (Å²) in [6.07, 6.45) is 0. The van der Waals surface area contributed by atoms with Crippen molar-refractivity contribution in [3.63, 3.8) is 0 Å². The summed E-state index contributed by atoms with van der Waals surface area (Å²) in [7, 11) is 1.55. The van der Waals surface area contributed by atoms with Crippen LogP contribution < -0.4 is 10.2 Å². The van der Waals surface area contributed by atoms with Crippen molar-refractivity contribution in [2.75, 3.05) is 12.5 Å². The van der Waals surface area contributed by atoms with E-state index in [0.717, 1.165) is 5.69 Å². The van der Waals surface area contributed by atoms with Gasteiger partial charge in [-0.1, -0.05) is 11.6 Å². The minimum Gasteiger partial charge on any atom is -0.507 e. The second kappa shape index (κ2) is 7.76. The van der Waals surface area contributed by atoms with E-state index in [4.69, 9.17) is 16.3 Å². The first-order valence-electron chi connectivity index (χ1n) is 6.03. The Morgan fingerprint density at radius 2 is 1.86 bits per heavy atom. The molecule has 0 saturated carbocycles. The molecule has 0 heterocycles. The topological polar surface area (TPSA) is 53.8 Å². The number of phenols is 1. The van der Waals surface area contributed by atoms with E-state index in [9.17, 15) is 5.11 Å². The van der Waals surface area contributed by atoms with E-state index >= 15 is 0 Å². The maximum Gasteiger partial charge on any atom is 0.128 e. The van der Waals surface area contributed by atoms with Crippen LogP contribution in [0.2, 0.25) is 5.02 Å². The van der Waals surface area contributed by atoms with E-state index in [-0.39, 0.29) is 18.2 Å². The normalized spacial score (nSPS) is 10.7. The summed E-state index contributed by atoms with van der Waals surface area (Å²) in [5.74, 6) is 0.730. The third-order valence-corrected chi connectivity index (χ3v) is 3.04. The SMILES string of the molecule is COc1ccc(C(C)=NNc2ccc(Cl)cc2)c(O)c1.Cl. The summed E-state index contributed by atoms with van der Waals surface area (Å²) >= 11 is 5.81. The van der Waals surface area contributed by atoms with Crippen molar-refractivity contribution in [2.24, 2.45) is 5.10 Å². The molecular formula is C15H16Cl2N2O2. The molecule has 0 spiro atoms. The van der Waals surface area contributed by atoms with Crippen molar-refractivity contribution in [3.05, 3.63) is 53.1 Å². The number of hydrogen-bond acceptors (Lipinski definition) is 4. The maximum absolute atomic E-state index is 9.92. The largest absolute Gasteiger partial charge is 0.507 e. The highest BCUT2D eigenvalue weighted by Crippen LogP contribution is 2.24. The highest BCUT2D eigenvalue weighted by atomic mass is 35.5. The molecule has 0 aliphatic carbocycles. The molecular weight excluding hydrogens is 311 g/mol. The van der Waals surface area contributed by atoms with Gasteiger partial charge >= 0.3 is 0 Å². The number of methoxy groups -OCH3 is 1. The first-order chi connectivity index (χ1) is 9.60. The second-order valence-electron chi connectivity index (χ2n) is 4.20. The molecule has 2 aromatic carbocycles. The second-order valence-corrected chi connectivity index (χ2v) is 4.64. The van der Waals surface area contributed by atoms with Crippen molar-refractivity contribution in [1.29, 1.82) is 0 Å². The lowest BCUT2D eigenvalue weighted by Crippen LogP contribution is -2.00. The van der Waals surface area contributed by atoms with Gasteiger partial charge in [0.25, 0.3) is 0 Å². The van der Waals surface area contributed by atoms with Crippen molar-refractivity contribution < 1.29 is 9.84 Å². The van der Waals surface area contributed by atoms with Crippen molar-refractivity contribution in [2.45, 2.75) is 6.92 Å². The van der Waals surface area contributed by atoms with E-state index < -0.39 is 0 Å². The average molecular weight is 327 g/mol. The van der Waals surface area contributed by atoms with Gasteiger partial charge in [0.15, 0.2) is 0 Å². The average Bonchev–Trinajstić information content (AvgIpc) is 2.46. The zero-order chi connectivity index (χ0) is 14.5. The predicted molar refractivity (Wildman–Crippen MR) is 89.2 cm³/mol. The molecule has 0 atom stereocenters. The van der Waals surface area contributed by atoms with Gasteiger partial charge in [0.2, 0.25) is 0 Å². The molecule has 0 saturated heterocycles. The highest BCUT2D eigenvalue weighted by molar-refractivity contribution is 6.30. The number of phenolic OH excluding ortho intramolecular Hbond substituents is 1. The van der Waals surface area contributed by atoms with Gasteiger partial charge in [-0.2, -0.15) is 5.10 Å². The van der Waals surface area contributed by atoms with Gasteiger partial charge in [0, 0.05) is 16.7 Å². The number of hydrazone groups is 1. The summed E-state index contributed by atoms with van der Waals surface area (Å²) in [4.78, 5) is 0. The maximum atomic E-state index is 9.92. The van der Waals surface area contributed by atoms with Crippen LogP contribution in [0.3, 0.4) is 0 Å². The van der Waals surface area contributed by atoms with E-state index in [0.29, 0.717) is 22.0 Å². The molecule has 0 bridgehead atoms. The van der Waals surface area contributed by atoms with Crippen molar-refractivity contribution in [3.8, 4) is 11.5 Å². The molecule has 0 aromatic heterocycles. The van der Waals surface area contributed by atoms with Crippen molar-refractivity contribution >= 4 is 35.4 Å². The number of benzene rings is 2. The molecule has 6 heteroatoms. The number of hydrogen-bond donors (Lipinski definition) is 2. The Hall–Kier alpha value is -1.91. The van der Waals surface area contributed by atoms with Gasteiger partial charge < -0.3 is 9.84 Å². The molecule has 0 fully saturated rings. The summed E-state index contributed by atoms with van der Waals surface area (Å²) in [5.41, 5.74) is 5.05. The number of anilines is 1. The summed E-state index contributed by atoms with van der Waals surface area (Å²) < 4.78 is 5.04. The quantitative estimate of drug-likeness (QED) is 0.650. The van der Waals surface area contributed by atoms with Gasteiger partial charge in [0.1, 0.15) is 11.5 Å². The monoisotopic (exact) mass is 326 g/mol.